The number of hydrogen-bond acceptors (Lipinski definition) is 5. The fourth-order valence-electron chi connectivity index (χ4n) is 4.60. The van der Waals surface area contributed by atoms with Crippen molar-refractivity contribution >= 4 is 0 Å². The minimum atomic E-state index is 0.469. The maximum absolute atomic E-state index is 5.54. The fourth-order valence-corrected chi connectivity index (χ4v) is 4.60. The molecule has 0 bridgehead atoms. The van der Waals surface area contributed by atoms with Crippen LogP contribution in [0.5, 0.6) is 0 Å². The Balaban J connectivity index is 1.45. The van der Waals surface area contributed by atoms with E-state index in [0.717, 1.165) is 70.3 Å². The lowest BCUT2D eigenvalue weighted by molar-refractivity contribution is 0.0835. The third kappa shape index (κ3) is 5.07. The molecule has 2 fully saturated rings. The zero-order chi connectivity index (χ0) is 20.1. The van der Waals surface area contributed by atoms with Crippen LogP contribution in [0, 0.1) is 0 Å². The molecule has 0 amide bonds. The molecule has 0 spiro atoms. The number of imidazole rings is 1. The maximum atomic E-state index is 5.54. The van der Waals surface area contributed by atoms with Gasteiger partial charge in [0.2, 0.25) is 0 Å². The van der Waals surface area contributed by atoms with E-state index in [2.05, 4.69) is 33.1 Å². The molecule has 0 aromatic carbocycles. The molecule has 7 nitrogen and oxygen atoms in total. The number of rotatable bonds is 7. The summed E-state index contributed by atoms with van der Waals surface area (Å²) in [6.45, 7) is 8.10. The Morgan fingerprint density at radius 1 is 1.10 bits per heavy atom. The zero-order valence-electron chi connectivity index (χ0n) is 18.1. The lowest BCUT2D eigenvalue weighted by Gasteiger charge is -2.20. The molecule has 0 aliphatic carbocycles. The average Bonchev–Trinajstić information content (AvgIpc) is 3.27. The van der Waals surface area contributed by atoms with Crippen LogP contribution in [0.3, 0.4) is 0 Å². The van der Waals surface area contributed by atoms with Crippen molar-refractivity contribution in [3.8, 4) is 0 Å². The summed E-state index contributed by atoms with van der Waals surface area (Å²) in [5, 5.41) is 4.99. The molecule has 2 aliphatic rings. The third-order valence-electron chi connectivity index (χ3n) is 6.50. The molecular formula is C22H36N6O. The molecule has 29 heavy (non-hydrogen) atoms. The zero-order valence-corrected chi connectivity index (χ0v) is 18.1. The van der Waals surface area contributed by atoms with Crippen LogP contribution in [0.15, 0.2) is 12.4 Å². The Morgan fingerprint density at radius 3 is 2.72 bits per heavy atom. The van der Waals surface area contributed by atoms with Gasteiger partial charge in [-0.25, -0.2) is 14.6 Å². The van der Waals surface area contributed by atoms with E-state index >= 15 is 0 Å². The molecule has 160 valence electrons. The number of nitrogens with zero attached hydrogens (tertiary/aromatic N) is 6. The van der Waals surface area contributed by atoms with Gasteiger partial charge in [0.15, 0.2) is 5.82 Å². The molecule has 2 aliphatic heterocycles. The van der Waals surface area contributed by atoms with Gasteiger partial charge in [-0.15, -0.1) is 0 Å². The highest BCUT2D eigenvalue weighted by Crippen LogP contribution is 2.31. The molecule has 2 saturated heterocycles. The van der Waals surface area contributed by atoms with Crippen LogP contribution in [0.1, 0.15) is 81.2 Å². The Hall–Kier alpha value is -1.73. The molecule has 2 aromatic heterocycles. The van der Waals surface area contributed by atoms with Gasteiger partial charge >= 0.3 is 0 Å². The van der Waals surface area contributed by atoms with E-state index in [-0.39, 0.29) is 0 Å². The minimum absolute atomic E-state index is 0.469. The van der Waals surface area contributed by atoms with Crippen molar-refractivity contribution in [3.63, 3.8) is 0 Å². The second-order valence-electron chi connectivity index (χ2n) is 8.65. The molecule has 2 aromatic rings. The molecule has 7 heteroatoms. The lowest BCUT2D eigenvalue weighted by Crippen LogP contribution is -2.25. The van der Waals surface area contributed by atoms with E-state index in [1.165, 1.54) is 31.5 Å². The van der Waals surface area contributed by atoms with Crippen molar-refractivity contribution in [1.82, 2.24) is 29.2 Å². The maximum Gasteiger partial charge on any atom is 0.154 e. The average molecular weight is 401 g/mol. The summed E-state index contributed by atoms with van der Waals surface area (Å²) in [5.41, 5.74) is 0. The van der Waals surface area contributed by atoms with Crippen molar-refractivity contribution in [1.29, 1.82) is 0 Å². The summed E-state index contributed by atoms with van der Waals surface area (Å²) in [7, 11) is 2.08. The number of aromatic nitrogens is 5. The Bertz CT molecular complexity index is 763. The van der Waals surface area contributed by atoms with Crippen molar-refractivity contribution in [2.24, 2.45) is 7.05 Å². The van der Waals surface area contributed by atoms with Gasteiger partial charge in [-0.1, -0.05) is 13.3 Å². The van der Waals surface area contributed by atoms with Gasteiger partial charge in [-0.05, 0) is 51.6 Å². The highest BCUT2D eigenvalue weighted by molar-refractivity contribution is 5.06. The topological polar surface area (TPSA) is 61.0 Å². The first-order valence-electron chi connectivity index (χ1n) is 11.5. The van der Waals surface area contributed by atoms with E-state index in [1.54, 1.807) is 0 Å². The van der Waals surface area contributed by atoms with Crippen LogP contribution in [-0.2, 0) is 24.9 Å². The van der Waals surface area contributed by atoms with Crippen LogP contribution in [0.4, 0.5) is 0 Å². The first-order chi connectivity index (χ1) is 14.2. The summed E-state index contributed by atoms with van der Waals surface area (Å²) in [6, 6.07) is 0. The summed E-state index contributed by atoms with van der Waals surface area (Å²) < 4.78 is 9.92. The molecular weight excluding hydrogens is 364 g/mol. The third-order valence-corrected chi connectivity index (χ3v) is 6.50. The van der Waals surface area contributed by atoms with Crippen molar-refractivity contribution in [3.05, 3.63) is 29.9 Å². The van der Waals surface area contributed by atoms with Gasteiger partial charge in [-0.2, -0.15) is 5.10 Å². The number of hydrogen-bond donors (Lipinski definition) is 0. The van der Waals surface area contributed by atoms with Gasteiger partial charge in [0.1, 0.15) is 11.6 Å². The van der Waals surface area contributed by atoms with E-state index in [4.69, 9.17) is 14.8 Å². The summed E-state index contributed by atoms with van der Waals surface area (Å²) in [5.74, 6) is 4.43. The SMILES string of the molecule is CCCCn1nc(C2CCOCC2)nc1C1CCCN(Cc2nccn2C)CC1. The second kappa shape index (κ2) is 9.85. The molecule has 4 rings (SSSR count). The van der Waals surface area contributed by atoms with Crippen molar-refractivity contribution < 1.29 is 4.74 Å². The Labute approximate surface area is 174 Å². The largest absolute Gasteiger partial charge is 0.381 e. The molecule has 4 heterocycles. The predicted molar refractivity (Wildman–Crippen MR) is 113 cm³/mol. The van der Waals surface area contributed by atoms with Crippen LogP contribution in [0.2, 0.25) is 0 Å². The molecule has 1 atom stereocenters. The van der Waals surface area contributed by atoms with Crippen LogP contribution < -0.4 is 0 Å². The van der Waals surface area contributed by atoms with Crippen LogP contribution in [-0.4, -0.2) is 55.5 Å². The van der Waals surface area contributed by atoms with E-state index in [0.29, 0.717) is 11.8 Å². The standard InChI is InChI=1S/C22H36N6O/c1-3-4-12-28-22(24-21(25-28)18-8-15-29-16-9-18)19-6-5-11-27(13-7-19)17-20-23-10-14-26(20)2/h10,14,18-19H,3-9,11-13,15-17H2,1-2H3. The lowest BCUT2D eigenvalue weighted by atomic mass is 9.98. The quantitative estimate of drug-likeness (QED) is 0.712. The fraction of sp³-hybridized carbons (Fsp3) is 0.773. The highest BCUT2D eigenvalue weighted by Gasteiger charge is 2.27. The van der Waals surface area contributed by atoms with Gasteiger partial charge in [0, 0.05) is 51.0 Å². The van der Waals surface area contributed by atoms with E-state index in [1.807, 2.05) is 12.4 Å². The van der Waals surface area contributed by atoms with Gasteiger partial charge < -0.3 is 9.30 Å². The second-order valence-corrected chi connectivity index (χ2v) is 8.65. The number of aryl methyl sites for hydroxylation is 2. The monoisotopic (exact) mass is 400 g/mol. The molecule has 0 radical (unpaired) electrons. The van der Waals surface area contributed by atoms with Crippen LogP contribution >= 0.6 is 0 Å². The molecule has 1 unspecified atom stereocenters. The highest BCUT2D eigenvalue weighted by atomic mass is 16.5. The van der Waals surface area contributed by atoms with E-state index < -0.39 is 0 Å². The molecule has 0 N–H and O–H groups in total. The number of ether oxygens (including phenoxy) is 1. The first kappa shape index (κ1) is 20.5. The summed E-state index contributed by atoms with van der Waals surface area (Å²) in [6.07, 6.45) is 12.0. The smallest absolute Gasteiger partial charge is 0.154 e. The summed E-state index contributed by atoms with van der Waals surface area (Å²) in [4.78, 5) is 12.2. The normalized spacial score (nSPS) is 22.1. The van der Waals surface area contributed by atoms with Crippen molar-refractivity contribution in [2.45, 2.75) is 76.8 Å². The predicted octanol–water partition coefficient (Wildman–Crippen LogP) is 3.48. The Morgan fingerprint density at radius 2 is 1.97 bits per heavy atom. The van der Waals surface area contributed by atoms with Gasteiger partial charge in [-0.3, -0.25) is 4.90 Å². The Kier molecular flexibility index (Phi) is 6.98. The first-order valence-corrected chi connectivity index (χ1v) is 11.5. The van der Waals surface area contributed by atoms with Crippen molar-refractivity contribution in [2.75, 3.05) is 26.3 Å². The van der Waals surface area contributed by atoms with Crippen LogP contribution in [0.25, 0.3) is 0 Å². The summed E-state index contributed by atoms with van der Waals surface area (Å²) >= 11 is 0. The number of unbranched alkanes of at least 4 members (excludes halogenated alkanes) is 1. The van der Waals surface area contributed by atoms with Gasteiger partial charge in [0.25, 0.3) is 0 Å². The van der Waals surface area contributed by atoms with Gasteiger partial charge in [0.05, 0.1) is 6.54 Å². The van der Waals surface area contributed by atoms with E-state index in [9.17, 15) is 0 Å². The molecule has 0 saturated carbocycles. The minimum Gasteiger partial charge on any atom is -0.381 e. The number of likely N-dealkylation sites (tertiary alicyclic amines) is 1.